The minimum absolute atomic E-state index is 0.0700. The molecule has 0 aromatic heterocycles. The molecule has 12 atom stereocenters. The van der Waals surface area contributed by atoms with E-state index in [-0.39, 0.29) is 69.6 Å². The number of primary amides is 4. The van der Waals surface area contributed by atoms with Crippen LogP contribution in [0.25, 0.3) is 0 Å². The number of hydrogen-bond donors (Lipinski definition) is 22. The Morgan fingerprint density at radius 1 is 0.485 bits per heavy atom. The summed E-state index contributed by atoms with van der Waals surface area (Å²) in [6.45, 7) is 5.16. The van der Waals surface area contributed by atoms with Crippen molar-refractivity contribution in [2.75, 3.05) is 19.7 Å². The second kappa shape index (κ2) is 42.5. The maximum Gasteiger partial charge on any atom is 0.325 e. The molecule has 0 radical (unpaired) electrons. The summed E-state index contributed by atoms with van der Waals surface area (Å²) in [5, 5.41) is 64.4. The average Bonchev–Trinajstić information content (AvgIpc) is 0.898. The van der Waals surface area contributed by atoms with Crippen LogP contribution in [0.4, 0.5) is 0 Å². The Balaban J connectivity index is 3.61. The number of benzene rings is 1. The molecule has 15 amide bonds. The average molecular weight is 1380 g/mol. The molecule has 0 bridgehead atoms. The first-order chi connectivity index (χ1) is 45.3. The largest absolute Gasteiger partial charge is 0.508 e. The number of nitrogens with zero attached hydrogens (tertiary/aromatic N) is 1. The monoisotopic (exact) mass is 1380 g/mol. The fraction of sp³-hybridized carbons (Fsp3) is 0.579. The minimum Gasteiger partial charge on any atom is -0.508 e. The van der Waals surface area contributed by atoms with Gasteiger partial charge in [0.05, 0.1) is 38.5 Å². The van der Waals surface area contributed by atoms with E-state index in [1.807, 2.05) is 5.32 Å². The number of rotatable bonds is 46. The minimum atomic E-state index is -2.05. The number of nitrogens with one attached hydrogen (secondary N) is 11. The molecule has 0 aliphatic heterocycles. The van der Waals surface area contributed by atoms with Gasteiger partial charge < -0.3 is 119 Å². The van der Waals surface area contributed by atoms with Crippen molar-refractivity contribution < 1.29 is 102 Å². The van der Waals surface area contributed by atoms with E-state index in [0.29, 0.717) is 5.56 Å². The number of aromatic hydroxyl groups is 1. The van der Waals surface area contributed by atoms with Gasteiger partial charge in [-0.15, -0.1) is 0 Å². The summed E-state index contributed by atoms with van der Waals surface area (Å²) in [6, 6.07) is -13.5. The molecule has 1 rings (SSSR count). The molecular weight excluding hydrogens is 1290 g/mol. The SMILES string of the molecule is CC[C@H](C)[C@H](NC(=O)[C@H](CC(N)=O)NC(=O)[C@H](CCCN=C(N)N)NC(=O)[C@H](CC(C)C)NC(=O)[C@H](CO)NC(=O)[C@H](Cc1ccc(O)cc1)NC(=O)CNC(=O)[C@H](CCC(N)=O)NC(=O)[C@@H](N)CCC(N)=O)C(=O)N[C@@H](CC(=O)O)C(=O)N[C@@H](CC(N)=O)C(=O)N[C@@H](C)C(=O)O. The molecule has 1 aromatic carbocycles. The third-order valence-corrected chi connectivity index (χ3v) is 14.1. The smallest absolute Gasteiger partial charge is 0.325 e. The predicted molar refractivity (Wildman–Crippen MR) is 338 cm³/mol. The first-order valence-electron chi connectivity index (χ1n) is 30.4. The van der Waals surface area contributed by atoms with Crippen LogP contribution in [-0.4, -0.2) is 213 Å². The highest BCUT2D eigenvalue weighted by Gasteiger charge is 2.38. The molecule has 40 heteroatoms. The topological polar surface area (TPSA) is 698 Å². The Kier molecular flexibility index (Phi) is 36.9. The molecule has 0 unspecified atom stereocenters. The van der Waals surface area contributed by atoms with Crippen LogP contribution in [0.1, 0.15) is 111 Å². The lowest BCUT2D eigenvalue weighted by molar-refractivity contribution is -0.143. The molecule has 0 heterocycles. The first-order valence-corrected chi connectivity index (χ1v) is 30.4. The molecule has 0 aliphatic carbocycles. The highest BCUT2D eigenvalue weighted by Crippen LogP contribution is 2.15. The molecule has 40 nitrogen and oxygen atoms in total. The Morgan fingerprint density at radius 2 is 0.928 bits per heavy atom. The van der Waals surface area contributed by atoms with Gasteiger partial charge in [0, 0.05) is 25.8 Å². The van der Waals surface area contributed by atoms with Crippen molar-refractivity contribution in [3.8, 4) is 5.75 Å². The van der Waals surface area contributed by atoms with Crippen LogP contribution < -0.4 is 98.6 Å². The molecule has 0 aliphatic rings. The number of phenols is 1. The number of aliphatic carboxylic acids is 2. The van der Waals surface area contributed by atoms with Crippen LogP contribution >= 0.6 is 0 Å². The number of aliphatic hydroxyl groups excluding tert-OH is 1. The number of nitrogens with two attached hydrogens (primary N) is 7. The molecule has 0 fully saturated rings. The van der Waals surface area contributed by atoms with E-state index in [4.69, 9.17) is 40.1 Å². The second-order valence-corrected chi connectivity index (χ2v) is 22.9. The van der Waals surface area contributed by atoms with E-state index in [1.165, 1.54) is 31.2 Å². The lowest BCUT2D eigenvalue weighted by atomic mass is 9.97. The Hall–Kier alpha value is -10.8. The second-order valence-electron chi connectivity index (χ2n) is 22.9. The number of carbonyl (C=O) groups is 17. The highest BCUT2D eigenvalue weighted by molar-refractivity contribution is 6.01. The summed E-state index contributed by atoms with van der Waals surface area (Å²) in [4.78, 5) is 225. The number of aliphatic imine (C=N–C) groups is 1. The van der Waals surface area contributed by atoms with Crippen LogP contribution in [0.5, 0.6) is 5.75 Å². The van der Waals surface area contributed by atoms with Crippen LogP contribution in [0, 0.1) is 11.8 Å². The number of hydrogen-bond acceptors (Lipinski definition) is 21. The maximum absolute atomic E-state index is 14.3. The number of carbonyl (C=O) groups excluding carboxylic acids is 15. The number of guanidine groups is 1. The summed E-state index contributed by atoms with van der Waals surface area (Å²) < 4.78 is 0. The van der Waals surface area contributed by atoms with Crippen molar-refractivity contribution in [1.82, 2.24) is 58.5 Å². The van der Waals surface area contributed by atoms with E-state index in [1.54, 1.807) is 20.8 Å². The van der Waals surface area contributed by atoms with E-state index >= 15 is 0 Å². The third-order valence-electron chi connectivity index (χ3n) is 14.1. The van der Waals surface area contributed by atoms with Gasteiger partial charge in [0.15, 0.2) is 5.96 Å². The maximum atomic E-state index is 14.3. The quantitative estimate of drug-likeness (QED) is 0.0164. The van der Waals surface area contributed by atoms with Crippen LogP contribution in [-0.2, 0) is 87.9 Å². The van der Waals surface area contributed by atoms with Gasteiger partial charge in [0.25, 0.3) is 0 Å². The normalized spacial score (nSPS) is 14.6. The summed E-state index contributed by atoms with van der Waals surface area (Å²) in [5.41, 5.74) is 38.2. The van der Waals surface area contributed by atoms with Crippen LogP contribution in [0.15, 0.2) is 29.3 Å². The third kappa shape index (κ3) is 33.2. The van der Waals surface area contributed by atoms with Gasteiger partial charge in [0.1, 0.15) is 66.2 Å². The van der Waals surface area contributed by atoms with E-state index < -0.39 is 218 Å². The Bertz CT molecular complexity index is 3020. The summed E-state index contributed by atoms with van der Waals surface area (Å²) in [6.07, 6.45) is -5.15. The molecule has 0 saturated carbocycles. The molecule has 1 aromatic rings. The zero-order valence-corrected chi connectivity index (χ0v) is 54.1. The number of carboxylic acids is 2. The number of amides is 15. The molecule has 540 valence electrons. The van der Waals surface area contributed by atoms with Crippen molar-refractivity contribution in [1.29, 1.82) is 0 Å². The number of aliphatic hydroxyl groups is 1. The van der Waals surface area contributed by atoms with E-state index in [9.17, 15) is 102 Å². The lowest BCUT2D eigenvalue weighted by Crippen LogP contribution is -2.62. The van der Waals surface area contributed by atoms with Crippen molar-refractivity contribution in [3.05, 3.63) is 29.8 Å². The predicted octanol–water partition coefficient (Wildman–Crippen LogP) is -9.77. The molecule has 0 saturated heterocycles. The van der Waals surface area contributed by atoms with Gasteiger partial charge in [-0.3, -0.25) is 86.5 Å². The van der Waals surface area contributed by atoms with Gasteiger partial charge >= 0.3 is 11.9 Å². The number of phenolic OH excluding ortho intramolecular Hbond substituents is 1. The van der Waals surface area contributed by atoms with Crippen molar-refractivity contribution in [2.24, 2.45) is 57.0 Å². The lowest BCUT2D eigenvalue weighted by Gasteiger charge is -2.29. The first kappa shape index (κ1) is 84.2. The molecular formula is C57H91N19O21. The highest BCUT2D eigenvalue weighted by atomic mass is 16.4. The van der Waals surface area contributed by atoms with Gasteiger partial charge in [-0.05, 0) is 68.6 Å². The fourth-order valence-corrected chi connectivity index (χ4v) is 8.70. The molecule has 29 N–H and O–H groups in total. The van der Waals surface area contributed by atoms with Gasteiger partial charge in [-0.2, -0.15) is 0 Å². The summed E-state index contributed by atoms with van der Waals surface area (Å²) in [5.74, 6) is -21.6. The standard InChI is InChI=1S/C57H91N19O21/c1-6-26(4)45(55(95)74-37(22-44(84)85)52(92)73-35(20-41(61)81)49(89)67-27(5)56(96)97)76-53(93)36(21-42(62)82)72-48(88)31(8-7-17-65-57(63)64)70-50(90)33(18-25(2)3)71-54(94)38(24-77)75-51(91)34(19-28-9-11-29(78)12-10-28)68-43(83)23-66-47(87)32(14-16-40(60)80)69-46(86)30(58)13-15-39(59)79/h9-12,25-27,30-38,45,77-78H,6-8,13-24,58H2,1-5H3,(H2,59,79)(H2,60,80)(H2,61,81)(H2,62,82)(H,66,87)(H,67,89)(H,68,83)(H,69,86)(H,70,90)(H,71,94)(H,72,88)(H,73,92)(H,74,95)(H,75,91)(H,76,93)(H,84,85)(H,96,97)(H4,63,64,65)/t26-,27-,30-,31-,32-,33-,34-,35-,36-,37-,38-,45-/m0/s1. The zero-order chi connectivity index (χ0) is 74.0. The van der Waals surface area contributed by atoms with E-state index in [0.717, 1.165) is 6.92 Å². The van der Waals surface area contributed by atoms with Crippen molar-refractivity contribution in [2.45, 2.75) is 178 Å². The fourth-order valence-electron chi connectivity index (χ4n) is 8.70. The van der Waals surface area contributed by atoms with Crippen LogP contribution in [0.3, 0.4) is 0 Å². The summed E-state index contributed by atoms with van der Waals surface area (Å²) >= 11 is 0. The Morgan fingerprint density at radius 3 is 1.43 bits per heavy atom. The molecule has 97 heavy (non-hydrogen) atoms. The van der Waals surface area contributed by atoms with E-state index in [2.05, 4.69) is 58.2 Å². The van der Waals surface area contributed by atoms with Gasteiger partial charge in [-0.25, -0.2) is 0 Å². The number of carboxylic acid groups (broad SMARTS) is 2. The Labute approximate surface area is 555 Å². The molecule has 0 spiro atoms. The zero-order valence-electron chi connectivity index (χ0n) is 54.1. The summed E-state index contributed by atoms with van der Waals surface area (Å²) in [7, 11) is 0. The van der Waals surface area contributed by atoms with Crippen molar-refractivity contribution in [3.63, 3.8) is 0 Å². The van der Waals surface area contributed by atoms with Gasteiger partial charge in [-0.1, -0.05) is 46.2 Å². The van der Waals surface area contributed by atoms with Gasteiger partial charge in [0.2, 0.25) is 88.6 Å². The van der Waals surface area contributed by atoms with Crippen LogP contribution in [0.2, 0.25) is 0 Å². The van der Waals surface area contributed by atoms with Crippen molar-refractivity contribution >= 4 is 107 Å².